The summed E-state index contributed by atoms with van der Waals surface area (Å²) in [5.41, 5.74) is 1.14. The Labute approximate surface area is 156 Å². The van der Waals surface area contributed by atoms with Crippen LogP contribution in [0, 0.1) is 5.92 Å². The van der Waals surface area contributed by atoms with E-state index in [0.29, 0.717) is 25.9 Å². The van der Waals surface area contributed by atoms with Crippen molar-refractivity contribution in [3.05, 3.63) is 29.8 Å². The van der Waals surface area contributed by atoms with Crippen molar-refractivity contribution in [3.63, 3.8) is 0 Å². The molecule has 6 nitrogen and oxygen atoms in total. The molecule has 2 aliphatic heterocycles. The second-order valence-corrected chi connectivity index (χ2v) is 9.29. The molecule has 1 atom stereocenters. The van der Waals surface area contributed by atoms with E-state index in [1.54, 1.807) is 14.0 Å². The van der Waals surface area contributed by atoms with E-state index in [1.165, 1.54) is 4.31 Å². The summed E-state index contributed by atoms with van der Waals surface area (Å²) in [5, 5.41) is 0. The molecule has 1 unspecified atom stereocenters. The zero-order valence-electron chi connectivity index (χ0n) is 15.6. The summed E-state index contributed by atoms with van der Waals surface area (Å²) in [6.07, 6.45) is 3.21. The standard InChI is InChI=1S/C19H28N2O4S/c1-3-26(23,24)20-13-10-16(11-14-20)19(22)21-12-4-5-18(21)15-6-8-17(25-2)9-7-15/h6-9,16,18H,3-5,10-14H2,1-2H3. The summed E-state index contributed by atoms with van der Waals surface area (Å²) < 4.78 is 30.7. The number of rotatable bonds is 5. The number of likely N-dealkylation sites (tertiary alicyclic amines) is 1. The van der Waals surface area contributed by atoms with Crippen molar-refractivity contribution in [2.45, 2.75) is 38.6 Å². The average molecular weight is 381 g/mol. The number of sulfonamides is 1. The lowest BCUT2D eigenvalue weighted by molar-refractivity contribution is -0.137. The third-order valence-corrected chi connectivity index (χ3v) is 7.48. The molecule has 2 heterocycles. The number of methoxy groups -OCH3 is 1. The molecule has 0 aliphatic carbocycles. The molecule has 144 valence electrons. The van der Waals surface area contributed by atoms with Crippen LogP contribution in [-0.4, -0.2) is 56.0 Å². The highest BCUT2D eigenvalue weighted by Gasteiger charge is 2.36. The Bertz CT molecular complexity index is 724. The minimum atomic E-state index is -3.15. The van der Waals surface area contributed by atoms with Gasteiger partial charge in [-0.3, -0.25) is 4.79 Å². The lowest BCUT2D eigenvalue weighted by Crippen LogP contribution is -2.44. The molecule has 26 heavy (non-hydrogen) atoms. The van der Waals surface area contributed by atoms with Crippen LogP contribution in [0.2, 0.25) is 0 Å². The van der Waals surface area contributed by atoms with Crippen LogP contribution in [-0.2, 0) is 14.8 Å². The maximum atomic E-state index is 13.1. The zero-order chi connectivity index (χ0) is 18.7. The van der Waals surface area contributed by atoms with Gasteiger partial charge in [0.2, 0.25) is 15.9 Å². The van der Waals surface area contributed by atoms with Gasteiger partial charge < -0.3 is 9.64 Å². The Kier molecular flexibility index (Phi) is 5.87. The highest BCUT2D eigenvalue weighted by Crippen LogP contribution is 2.35. The maximum absolute atomic E-state index is 13.1. The normalized spacial score (nSPS) is 22.5. The number of carbonyl (C=O) groups excluding carboxylic acids is 1. The zero-order valence-corrected chi connectivity index (χ0v) is 16.4. The first-order valence-electron chi connectivity index (χ1n) is 9.38. The fourth-order valence-corrected chi connectivity index (χ4v) is 5.13. The minimum Gasteiger partial charge on any atom is -0.497 e. The summed E-state index contributed by atoms with van der Waals surface area (Å²) in [5.74, 6) is 1.04. The molecule has 2 aliphatic rings. The van der Waals surface area contributed by atoms with E-state index in [2.05, 4.69) is 0 Å². The summed E-state index contributed by atoms with van der Waals surface area (Å²) in [6.45, 7) is 3.35. The van der Waals surface area contributed by atoms with E-state index >= 15 is 0 Å². The molecule has 2 fully saturated rings. The van der Waals surface area contributed by atoms with Crippen LogP contribution in [0.15, 0.2) is 24.3 Å². The van der Waals surface area contributed by atoms with Crippen LogP contribution in [0.25, 0.3) is 0 Å². The van der Waals surface area contributed by atoms with Gasteiger partial charge in [-0.25, -0.2) is 12.7 Å². The van der Waals surface area contributed by atoms with Crippen molar-refractivity contribution in [1.82, 2.24) is 9.21 Å². The molecule has 0 aromatic heterocycles. The van der Waals surface area contributed by atoms with Crippen molar-refractivity contribution < 1.29 is 17.9 Å². The molecular formula is C19H28N2O4S. The predicted molar refractivity (Wildman–Crippen MR) is 100 cm³/mol. The Hall–Kier alpha value is -1.60. The molecule has 1 aromatic carbocycles. The molecule has 1 aromatic rings. The second-order valence-electron chi connectivity index (χ2n) is 7.04. The van der Waals surface area contributed by atoms with E-state index in [1.807, 2.05) is 29.2 Å². The van der Waals surface area contributed by atoms with Crippen molar-refractivity contribution in [2.24, 2.45) is 5.92 Å². The number of nitrogens with zero attached hydrogens (tertiary/aromatic N) is 2. The van der Waals surface area contributed by atoms with Crippen LogP contribution in [0.4, 0.5) is 0 Å². The molecular weight excluding hydrogens is 352 g/mol. The number of hydrogen-bond donors (Lipinski definition) is 0. The molecule has 7 heteroatoms. The SMILES string of the molecule is CCS(=O)(=O)N1CCC(C(=O)N2CCCC2c2ccc(OC)cc2)CC1. The van der Waals surface area contributed by atoms with Gasteiger partial charge in [-0.05, 0) is 50.3 Å². The van der Waals surface area contributed by atoms with E-state index in [4.69, 9.17) is 4.74 Å². The molecule has 1 amide bonds. The van der Waals surface area contributed by atoms with Crippen LogP contribution in [0.3, 0.4) is 0 Å². The van der Waals surface area contributed by atoms with Gasteiger partial charge in [-0.1, -0.05) is 12.1 Å². The van der Waals surface area contributed by atoms with Gasteiger partial charge in [0.25, 0.3) is 0 Å². The Morgan fingerprint density at radius 2 is 1.77 bits per heavy atom. The highest BCUT2D eigenvalue weighted by atomic mass is 32.2. The smallest absolute Gasteiger partial charge is 0.226 e. The second kappa shape index (κ2) is 7.96. The van der Waals surface area contributed by atoms with Crippen LogP contribution < -0.4 is 4.74 Å². The van der Waals surface area contributed by atoms with E-state index in [9.17, 15) is 13.2 Å². The van der Waals surface area contributed by atoms with Gasteiger partial charge in [-0.2, -0.15) is 0 Å². The predicted octanol–water partition coefficient (Wildman–Crippen LogP) is 2.42. The maximum Gasteiger partial charge on any atom is 0.226 e. The van der Waals surface area contributed by atoms with E-state index in [-0.39, 0.29) is 23.6 Å². The summed E-state index contributed by atoms with van der Waals surface area (Å²) in [6, 6.07) is 8.05. The highest BCUT2D eigenvalue weighted by molar-refractivity contribution is 7.89. The average Bonchev–Trinajstić information content (AvgIpc) is 3.17. The lowest BCUT2D eigenvalue weighted by Gasteiger charge is -2.34. The van der Waals surface area contributed by atoms with Gasteiger partial charge in [0.1, 0.15) is 5.75 Å². The van der Waals surface area contributed by atoms with Crippen molar-refractivity contribution in [1.29, 1.82) is 0 Å². The third kappa shape index (κ3) is 3.88. The first-order valence-corrected chi connectivity index (χ1v) is 11.0. The monoisotopic (exact) mass is 380 g/mol. The van der Waals surface area contributed by atoms with Crippen molar-refractivity contribution >= 4 is 15.9 Å². The Morgan fingerprint density at radius 3 is 2.35 bits per heavy atom. The third-order valence-electron chi connectivity index (χ3n) is 5.60. The molecule has 0 bridgehead atoms. The number of carbonyl (C=O) groups is 1. The first-order chi connectivity index (χ1) is 12.5. The molecule has 0 saturated carbocycles. The molecule has 0 spiro atoms. The summed E-state index contributed by atoms with van der Waals surface area (Å²) in [4.78, 5) is 15.1. The van der Waals surface area contributed by atoms with Crippen molar-refractivity contribution in [3.8, 4) is 5.75 Å². The van der Waals surface area contributed by atoms with Crippen LogP contribution in [0.1, 0.15) is 44.2 Å². The fraction of sp³-hybridized carbons (Fsp3) is 0.632. The van der Waals surface area contributed by atoms with E-state index < -0.39 is 10.0 Å². The Morgan fingerprint density at radius 1 is 1.12 bits per heavy atom. The van der Waals surface area contributed by atoms with Crippen LogP contribution in [0.5, 0.6) is 5.75 Å². The van der Waals surface area contributed by atoms with Gasteiger partial charge in [0, 0.05) is 25.6 Å². The largest absolute Gasteiger partial charge is 0.497 e. The number of benzene rings is 1. The van der Waals surface area contributed by atoms with Gasteiger partial charge >= 0.3 is 0 Å². The minimum absolute atomic E-state index is 0.0721. The van der Waals surface area contributed by atoms with Crippen LogP contribution >= 0.6 is 0 Å². The summed E-state index contributed by atoms with van der Waals surface area (Å²) >= 11 is 0. The molecule has 3 rings (SSSR count). The number of piperidine rings is 1. The van der Waals surface area contributed by atoms with E-state index in [0.717, 1.165) is 30.7 Å². The van der Waals surface area contributed by atoms with Gasteiger partial charge in [0.05, 0.1) is 18.9 Å². The molecule has 2 saturated heterocycles. The number of hydrogen-bond acceptors (Lipinski definition) is 4. The summed E-state index contributed by atoms with van der Waals surface area (Å²) in [7, 11) is -1.51. The van der Waals surface area contributed by atoms with Crippen molar-refractivity contribution in [2.75, 3.05) is 32.5 Å². The molecule has 0 radical (unpaired) electrons. The first kappa shape index (κ1) is 19.2. The topological polar surface area (TPSA) is 66.9 Å². The number of ether oxygens (including phenoxy) is 1. The lowest BCUT2D eigenvalue weighted by atomic mass is 9.95. The quantitative estimate of drug-likeness (QED) is 0.787. The Balaban J connectivity index is 1.65. The number of amides is 1. The molecule has 0 N–H and O–H groups in total. The van der Waals surface area contributed by atoms with Gasteiger partial charge in [0.15, 0.2) is 0 Å². The fourth-order valence-electron chi connectivity index (χ4n) is 4.00. The van der Waals surface area contributed by atoms with Gasteiger partial charge in [-0.15, -0.1) is 0 Å².